The first-order valence-corrected chi connectivity index (χ1v) is 12.8. The second-order valence-electron chi connectivity index (χ2n) is 8.57. The fraction of sp³-hybridized carbons (Fsp3) is 0.167. The van der Waals surface area contributed by atoms with Gasteiger partial charge < -0.3 is 14.7 Å². The van der Waals surface area contributed by atoms with Crippen molar-refractivity contribution < 1.29 is 9.90 Å². The van der Waals surface area contributed by atoms with E-state index in [1.165, 1.54) is 22.3 Å². The van der Waals surface area contributed by atoms with Crippen molar-refractivity contribution in [3.8, 4) is 28.1 Å². The van der Waals surface area contributed by atoms with Crippen molar-refractivity contribution in [2.24, 2.45) is 0 Å². The van der Waals surface area contributed by atoms with E-state index in [0.717, 1.165) is 16.8 Å². The SMILES string of the molecule is Cl.O=C(O)Cc1cc(-c2nc([C@@H]3CCc4cc(-c5cc(Cl)ccc5-n5cnnn5)cc(=O)n43)[nH]c2Cl)cs1. The number of imidazole rings is 1. The van der Waals surface area contributed by atoms with Gasteiger partial charge in [-0.15, -0.1) is 28.8 Å². The average Bonchev–Trinajstić information content (AvgIpc) is 3.65. The molecule has 1 atom stereocenters. The van der Waals surface area contributed by atoms with E-state index in [1.54, 1.807) is 34.9 Å². The number of carboxylic acids is 1. The van der Waals surface area contributed by atoms with Crippen LogP contribution < -0.4 is 5.56 Å². The third kappa shape index (κ3) is 4.73. The van der Waals surface area contributed by atoms with E-state index in [0.29, 0.717) is 50.7 Å². The number of pyridine rings is 1. The summed E-state index contributed by atoms with van der Waals surface area (Å²) >= 11 is 14.1. The zero-order chi connectivity index (χ0) is 25.7. The summed E-state index contributed by atoms with van der Waals surface area (Å²) in [6.07, 6.45) is 2.77. The standard InChI is InChI=1S/C24H17Cl2N7O3S.ClH/c25-14-1-3-18(32-11-27-30-31-32)17(8-14)12-5-15-2-4-19(33(15)20(34)7-12)24-28-22(23(26)29-24)13-6-16(37-10-13)9-21(35)36;/h1,3,5-8,10-11,19H,2,4,9H2,(H,28,29)(H,35,36);1H/t19-;/m0./s1. The number of rotatable bonds is 6. The number of thiophene rings is 1. The summed E-state index contributed by atoms with van der Waals surface area (Å²) in [6.45, 7) is 0. The van der Waals surface area contributed by atoms with Crippen molar-refractivity contribution in [3.63, 3.8) is 0 Å². The van der Waals surface area contributed by atoms with Gasteiger partial charge in [0.15, 0.2) is 0 Å². The van der Waals surface area contributed by atoms with Crippen LogP contribution in [0.4, 0.5) is 0 Å². The molecule has 0 saturated carbocycles. The van der Waals surface area contributed by atoms with Crippen LogP contribution in [0.5, 0.6) is 0 Å². The number of benzene rings is 1. The minimum atomic E-state index is -0.897. The van der Waals surface area contributed by atoms with Gasteiger partial charge in [-0.05, 0) is 59.2 Å². The monoisotopic (exact) mass is 589 g/mol. The minimum Gasteiger partial charge on any atom is -0.481 e. The predicted molar refractivity (Wildman–Crippen MR) is 146 cm³/mol. The van der Waals surface area contributed by atoms with Gasteiger partial charge in [-0.25, -0.2) is 4.98 Å². The molecular formula is C24H18Cl3N7O3S. The maximum Gasteiger partial charge on any atom is 0.308 e. The lowest BCUT2D eigenvalue weighted by Crippen LogP contribution is -2.24. The zero-order valence-electron chi connectivity index (χ0n) is 19.3. The number of fused-ring (bicyclic) bond motifs is 1. The Morgan fingerprint density at radius 2 is 2.03 bits per heavy atom. The number of hydrogen-bond acceptors (Lipinski definition) is 7. The summed E-state index contributed by atoms with van der Waals surface area (Å²) < 4.78 is 3.26. The Morgan fingerprint density at radius 1 is 1.18 bits per heavy atom. The zero-order valence-corrected chi connectivity index (χ0v) is 22.5. The highest BCUT2D eigenvalue weighted by atomic mass is 35.5. The van der Waals surface area contributed by atoms with Crippen LogP contribution in [0.1, 0.15) is 28.9 Å². The van der Waals surface area contributed by atoms with Crippen LogP contribution in [0, 0.1) is 0 Å². The molecule has 0 unspecified atom stereocenters. The number of nitrogens with zero attached hydrogens (tertiary/aromatic N) is 6. The van der Waals surface area contributed by atoms with Gasteiger partial charge in [0, 0.05) is 38.2 Å². The molecule has 0 bridgehead atoms. The Morgan fingerprint density at radius 3 is 2.79 bits per heavy atom. The summed E-state index contributed by atoms with van der Waals surface area (Å²) in [5.74, 6) is -0.317. The van der Waals surface area contributed by atoms with E-state index in [1.807, 2.05) is 11.4 Å². The van der Waals surface area contributed by atoms with Crippen LogP contribution >= 0.6 is 46.9 Å². The quantitative estimate of drug-likeness (QED) is 0.289. The van der Waals surface area contributed by atoms with Crippen LogP contribution in [-0.2, 0) is 17.6 Å². The molecule has 5 aromatic rings. The van der Waals surface area contributed by atoms with Crippen LogP contribution in [0.2, 0.25) is 10.2 Å². The number of carboxylic acid groups (broad SMARTS) is 1. The molecule has 0 radical (unpaired) electrons. The van der Waals surface area contributed by atoms with Gasteiger partial charge in [0.1, 0.15) is 23.0 Å². The minimum absolute atomic E-state index is 0. The first-order valence-electron chi connectivity index (χ1n) is 11.2. The maximum atomic E-state index is 13.4. The number of aryl methyl sites for hydroxylation is 1. The molecule has 38 heavy (non-hydrogen) atoms. The van der Waals surface area contributed by atoms with Crippen LogP contribution in [-0.4, -0.2) is 45.8 Å². The van der Waals surface area contributed by atoms with Crippen LogP contribution in [0.15, 0.2) is 52.9 Å². The molecule has 10 nitrogen and oxygen atoms in total. The number of tetrazole rings is 1. The molecule has 1 aliphatic rings. The molecule has 1 aliphatic heterocycles. The van der Waals surface area contributed by atoms with Crippen molar-refractivity contribution in [2.45, 2.75) is 25.3 Å². The summed E-state index contributed by atoms with van der Waals surface area (Å²) in [7, 11) is 0. The number of aliphatic carboxylic acids is 1. The maximum absolute atomic E-state index is 13.4. The van der Waals surface area contributed by atoms with Gasteiger partial charge in [-0.1, -0.05) is 23.2 Å². The number of halogens is 3. The van der Waals surface area contributed by atoms with Crippen molar-refractivity contribution in [1.29, 1.82) is 0 Å². The molecule has 4 aromatic heterocycles. The van der Waals surface area contributed by atoms with E-state index in [9.17, 15) is 9.59 Å². The highest BCUT2D eigenvalue weighted by Crippen LogP contribution is 2.36. The van der Waals surface area contributed by atoms with Crippen molar-refractivity contribution >= 4 is 52.9 Å². The Kier molecular flexibility index (Phi) is 7.10. The molecule has 6 rings (SSSR count). The number of hydrogen-bond donors (Lipinski definition) is 2. The summed E-state index contributed by atoms with van der Waals surface area (Å²) in [5, 5.41) is 23.1. The highest BCUT2D eigenvalue weighted by Gasteiger charge is 2.29. The number of nitrogens with one attached hydrogen (secondary N) is 1. The fourth-order valence-corrected chi connectivity index (χ4v) is 5.97. The topological polar surface area (TPSA) is 132 Å². The lowest BCUT2D eigenvalue weighted by Gasteiger charge is -2.15. The van der Waals surface area contributed by atoms with Gasteiger partial charge in [0.05, 0.1) is 18.2 Å². The van der Waals surface area contributed by atoms with Crippen molar-refractivity contribution in [1.82, 2.24) is 34.7 Å². The van der Waals surface area contributed by atoms with Crippen LogP contribution in [0.3, 0.4) is 0 Å². The van der Waals surface area contributed by atoms with Gasteiger partial charge in [-0.3, -0.25) is 9.59 Å². The van der Waals surface area contributed by atoms with Crippen molar-refractivity contribution in [3.05, 3.63) is 85.0 Å². The molecule has 1 aromatic carbocycles. The highest BCUT2D eigenvalue weighted by molar-refractivity contribution is 7.10. The van der Waals surface area contributed by atoms with E-state index in [4.69, 9.17) is 33.3 Å². The van der Waals surface area contributed by atoms with Gasteiger partial charge in [0.2, 0.25) is 0 Å². The molecule has 14 heteroatoms. The smallest absolute Gasteiger partial charge is 0.308 e. The third-order valence-corrected chi connectivity index (χ3v) is 7.69. The summed E-state index contributed by atoms with van der Waals surface area (Å²) in [4.78, 5) is 33.0. The molecule has 0 spiro atoms. The average molecular weight is 591 g/mol. The van der Waals surface area contributed by atoms with Crippen molar-refractivity contribution in [2.75, 3.05) is 0 Å². The first kappa shape index (κ1) is 26.1. The fourth-order valence-electron chi connectivity index (χ4n) is 4.69. The summed E-state index contributed by atoms with van der Waals surface area (Å²) in [6, 6.07) is 10.4. The van der Waals surface area contributed by atoms with E-state index in [-0.39, 0.29) is 30.4 Å². The second kappa shape index (κ2) is 10.3. The molecule has 0 amide bonds. The number of aromatic nitrogens is 7. The second-order valence-corrected chi connectivity index (χ2v) is 10.4. The summed E-state index contributed by atoms with van der Waals surface area (Å²) in [5.41, 5.74) is 4.12. The Balaban J connectivity index is 0.00000294. The number of H-pyrrole nitrogens is 1. The van der Waals surface area contributed by atoms with Crippen LogP contribution in [0.25, 0.3) is 28.1 Å². The Labute approximate surface area is 235 Å². The largest absolute Gasteiger partial charge is 0.481 e. The van der Waals surface area contributed by atoms with E-state index < -0.39 is 5.97 Å². The first-order chi connectivity index (χ1) is 17.9. The van der Waals surface area contributed by atoms with Gasteiger partial charge in [-0.2, -0.15) is 4.68 Å². The lowest BCUT2D eigenvalue weighted by molar-refractivity contribution is -0.136. The lowest BCUT2D eigenvalue weighted by atomic mass is 10.0. The Hall–Kier alpha value is -3.51. The number of carbonyl (C=O) groups is 1. The number of aromatic amines is 1. The Bertz CT molecular complexity index is 1710. The predicted octanol–water partition coefficient (Wildman–Crippen LogP) is 4.83. The van der Waals surface area contributed by atoms with E-state index >= 15 is 0 Å². The molecule has 0 aliphatic carbocycles. The molecule has 2 N–H and O–H groups in total. The third-order valence-electron chi connectivity index (χ3n) is 6.25. The molecule has 0 fully saturated rings. The van der Waals surface area contributed by atoms with Gasteiger partial charge in [0.25, 0.3) is 5.56 Å². The normalized spacial score (nSPS) is 14.3. The van der Waals surface area contributed by atoms with E-state index in [2.05, 4.69) is 20.5 Å². The molecule has 0 saturated heterocycles. The van der Waals surface area contributed by atoms with Gasteiger partial charge >= 0.3 is 5.97 Å². The molecular weight excluding hydrogens is 573 g/mol. The molecule has 5 heterocycles. The molecule has 194 valence electrons.